The molecule has 0 radical (unpaired) electrons. The first-order valence-electron chi connectivity index (χ1n) is 10.6. The van der Waals surface area contributed by atoms with E-state index < -0.39 is 0 Å². The number of ether oxygens (including phenoxy) is 1. The molecule has 0 aliphatic rings. The quantitative estimate of drug-likeness (QED) is 0.483. The summed E-state index contributed by atoms with van der Waals surface area (Å²) in [6.07, 6.45) is 0. The Morgan fingerprint density at radius 1 is 1.13 bits per heavy atom. The lowest BCUT2D eigenvalue weighted by atomic mass is 10.3. The molecular weight excluding hydrogens is 398 g/mol. The molecule has 0 bridgehead atoms. The molecule has 0 saturated heterocycles. The van der Waals surface area contributed by atoms with E-state index >= 15 is 0 Å². The van der Waals surface area contributed by atoms with E-state index in [9.17, 15) is 4.79 Å². The molecular formula is C22H31N5O2S. The molecule has 2 aromatic heterocycles. The van der Waals surface area contributed by atoms with Crippen molar-refractivity contribution in [2.45, 2.75) is 41.2 Å². The van der Waals surface area contributed by atoms with Gasteiger partial charge in [-0.05, 0) is 58.1 Å². The zero-order chi connectivity index (χ0) is 21.7. The van der Waals surface area contributed by atoms with Crippen LogP contribution in [0.4, 0.5) is 5.13 Å². The zero-order valence-corrected chi connectivity index (χ0v) is 19.3. The van der Waals surface area contributed by atoms with Gasteiger partial charge in [0.2, 0.25) is 0 Å². The lowest BCUT2D eigenvalue weighted by Crippen LogP contribution is -2.39. The Bertz CT molecular complexity index is 993. The van der Waals surface area contributed by atoms with Gasteiger partial charge in [0.05, 0.1) is 22.5 Å². The highest BCUT2D eigenvalue weighted by Gasteiger charge is 2.25. The van der Waals surface area contributed by atoms with Crippen molar-refractivity contribution < 1.29 is 9.53 Å². The Balaban J connectivity index is 1.98. The van der Waals surface area contributed by atoms with Crippen LogP contribution in [0.25, 0.3) is 10.2 Å². The van der Waals surface area contributed by atoms with Crippen molar-refractivity contribution >= 4 is 32.6 Å². The molecule has 2 heterocycles. The number of thiazole rings is 1. The van der Waals surface area contributed by atoms with E-state index in [0.717, 1.165) is 41.3 Å². The lowest BCUT2D eigenvalue weighted by molar-refractivity contribution is 0.0973. The van der Waals surface area contributed by atoms with Crippen LogP contribution in [0.1, 0.15) is 43.9 Å². The highest BCUT2D eigenvalue weighted by molar-refractivity contribution is 7.22. The number of rotatable bonds is 10. The van der Waals surface area contributed by atoms with Crippen molar-refractivity contribution in [1.82, 2.24) is 19.7 Å². The van der Waals surface area contributed by atoms with Crippen LogP contribution >= 0.6 is 11.3 Å². The Kier molecular flexibility index (Phi) is 7.44. The van der Waals surface area contributed by atoms with E-state index in [4.69, 9.17) is 9.72 Å². The summed E-state index contributed by atoms with van der Waals surface area (Å²) in [4.78, 5) is 22.4. The molecule has 162 valence electrons. The predicted octanol–water partition coefficient (Wildman–Crippen LogP) is 4.21. The van der Waals surface area contributed by atoms with E-state index in [0.29, 0.717) is 30.5 Å². The average Bonchev–Trinajstić information content (AvgIpc) is 3.33. The molecule has 0 aliphatic carbocycles. The minimum Gasteiger partial charge on any atom is -0.494 e. The Labute approximate surface area is 182 Å². The summed E-state index contributed by atoms with van der Waals surface area (Å²) in [6.45, 7) is 14.7. The third-order valence-corrected chi connectivity index (χ3v) is 6.13. The van der Waals surface area contributed by atoms with Crippen LogP contribution in [-0.2, 0) is 6.54 Å². The van der Waals surface area contributed by atoms with Gasteiger partial charge < -0.3 is 9.64 Å². The number of hydrogen-bond acceptors (Lipinski definition) is 6. The average molecular weight is 430 g/mol. The minimum atomic E-state index is -0.0614. The first-order chi connectivity index (χ1) is 14.5. The van der Waals surface area contributed by atoms with E-state index in [1.165, 1.54) is 11.3 Å². The number of benzene rings is 1. The maximum absolute atomic E-state index is 13.6. The fraction of sp³-hybridized carbons (Fsp3) is 0.500. The normalized spacial score (nSPS) is 11.4. The molecule has 0 saturated carbocycles. The Morgan fingerprint density at radius 3 is 2.57 bits per heavy atom. The minimum absolute atomic E-state index is 0.0614. The molecule has 0 N–H and O–H groups in total. The Hall–Kier alpha value is -2.45. The van der Waals surface area contributed by atoms with Crippen LogP contribution in [0.15, 0.2) is 24.3 Å². The number of anilines is 1. The highest BCUT2D eigenvalue weighted by atomic mass is 32.1. The maximum Gasteiger partial charge on any atom is 0.278 e. The summed E-state index contributed by atoms with van der Waals surface area (Å²) in [5.41, 5.74) is 2.32. The van der Waals surface area contributed by atoms with Gasteiger partial charge in [0.1, 0.15) is 11.4 Å². The van der Waals surface area contributed by atoms with Gasteiger partial charge in [0, 0.05) is 19.6 Å². The van der Waals surface area contributed by atoms with Gasteiger partial charge in [-0.1, -0.05) is 25.2 Å². The fourth-order valence-corrected chi connectivity index (χ4v) is 4.45. The summed E-state index contributed by atoms with van der Waals surface area (Å²) in [5.74, 6) is 0.759. The third-order valence-electron chi connectivity index (χ3n) is 5.09. The van der Waals surface area contributed by atoms with Crippen LogP contribution in [0.5, 0.6) is 5.75 Å². The number of carbonyl (C=O) groups excluding carboxylic acids is 1. The van der Waals surface area contributed by atoms with E-state index in [1.54, 1.807) is 9.58 Å². The van der Waals surface area contributed by atoms with Crippen LogP contribution in [-0.4, -0.2) is 58.4 Å². The molecule has 0 unspecified atom stereocenters. The van der Waals surface area contributed by atoms with Gasteiger partial charge in [-0.2, -0.15) is 5.10 Å². The number of fused-ring (bicyclic) bond motifs is 1. The molecule has 8 heteroatoms. The number of hydrogen-bond donors (Lipinski definition) is 0. The maximum atomic E-state index is 13.6. The van der Waals surface area contributed by atoms with Crippen LogP contribution in [0, 0.1) is 6.92 Å². The topological polar surface area (TPSA) is 63.5 Å². The predicted molar refractivity (Wildman–Crippen MR) is 123 cm³/mol. The molecule has 30 heavy (non-hydrogen) atoms. The number of amides is 1. The molecule has 1 aromatic carbocycles. The molecule has 0 spiro atoms. The molecule has 1 amide bonds. The van der Waals surface area contributed by atoms with Gasteiger partial charge in [0.15, 0.2) is 5.13 Å². The van der Waals surface area contributed by atoms with Crippen molar-refractivity contribution in [3.8, 4) is 5.75 Å². The molecule has 0 atom stereocenters. The number of likely N-dealkylation sites (N-methyl/N-ethyl adjacent to an activating group) is 1. The molecule has 7 nitrogen and oxygen atoms in total. The second-order valence-electron chi connectivity index (χ2n) is 7.03. The molecule has 3 aromatic rings. The molecule has 3 rings (SSSR count). The van der Waals surface area contributed by atoms with Crippen molar-refractivity contribution in [2.75, 3.05) is 37.7 Å². The van der Waals surface area contributed by atoms with Gasteiger partial charge in [-0.25, -0.2) is 4.98 Å². The van der Waals surface area contributed by atoms with Crippen molar-refractivity contribution in [2.24, 2.45) is 0 Å². The number of carbonyl (C=O) groups is 1. The molecule has 0 fully saturated rings. The Morgan fingerprint density at radius 2 is 1.90 bits per heavy atom. The number of nitrogens with zero attached hydrogens (tertiary/aromatic N) is 5. The van der Waals surface area contributed by atoms with E-state index in [2.05, 4.69) is 23.8 Å². The van der Waals surface area contributed by atoms with Crippen molar-refractivity contribution in [3.05, 3.63) is 35.7 Å². The first-order valence-corrected chi connectivity index (χ1v) is 11.4. The standard InChI is InChI=1S/C22H31N5O2S/c1-6-25(7-2)12-13-26(21(28)19-14-16(5)24-27(19)8-3)22-23-18-11-10-17(29-9-4)15-20(18)30-22/h10-11,14-15H,6-9,12-13H2,1-5H3. The zero-order valence-electron chi connectivity index (χ0n) is 18.5. The summed E-state index contributed by atoms with van der Waals surface area (Å²) >= 11 is 1.52. The summed E-state index contributed by atoms with van der Waals surface area (Å²) in [6, 6.07) is 7.73. The first kappa shape index (κ1) is 22.2. The number of aromatic nitrogens is 3. The van der Waals surface area contributed by atoms with Gasteiger partial charge in [-0.3, -0.25) is 14.4 Å². The van der Waals surface area contributed by atoms with Crippen LogP contribution in [0.2, 0.25) is 0 Å². The van der Waals surface area contributed by atoms with Crippen LogP contribution < -0.4 is 9.64 Å². The second kappa shape index (κ2) is 10.0. The van der Waals surface area contributed by atoms with Gasteiger partial charge in [0.25, 0.3) is 5.91 Å². The highest BCUT2D eigenvalue weighted by Crippen LogP contribution is 2.32. The van der Waals surface area contributed by atoms with Gasteiger partial charge >= 0.3 is 0 Å². The number of aryl methyl sites for hydroxylation is 2. The SMILES string of the molecule is CCOc1ccc2nc(N(CCN(CC)CC)C(=O)c3cc(C)nn3CC)sc2c1. The monoisotopic (exact) mass is 429 g/mol. The lowest BCUT2D eigenvalue weighted by Gasteiger charge is -2.24. The summed E-state index contributed by atoms with van der Waals surface area (Å²) in [5, 5.41) is 5.16. The third kappa shape index (κ3) is 4.82. The second-order valence-corrected chi connectivity index (χ2v) is 8.04. The summed E-state index contributed by atoms with van der Waals surface area (Å²) < 4.78 is 8.40. The van der Waals surface area contributed by atoms with Crippen molar-refractivity contribution in [1.29, 1.82) is 0 Å². The van der Waals surface area contributed by atoms with Crippen LogP contribution in [0.3, 0.4) is 0 Å². The smallest absolute Gasteiger partial charge is 0.278 e. The fourth-order valence-electron chi connectivity index (χ4n) is 3.43. The largest absolute Gasteiger partial charge is 0.494 e. The van der Waals surface area contributed by atoms with E-state index in [1.807, 2.05) is 45.0 Å². The van der Waals surface area contributed by atoms with Gasteiger partial charge in [-0.15, -0.1) is 0 Å². The summed E-state index contributed by atoms with van der Waals surface area (Å²) in [7, 11) is 0. The molecule has 0 aliphatic heterocycles. The van der Waals surface area contributed by atoms with E-state index in [-0.39, 0.29) is 5.91 Å². The van der Waals surface area contributed by atoms with Crippen molar-refractivity contribution in [3.63, 3.8) is 0 Å².